The molecule has 1 atom stereocenters. The summed E-state index contributed by atoms with van der Waals surface area (Å²) in [5.41, 5.74) is 1.30. The smallest absolute Gasteiger partial charge is 0.127 e. The summed E-state index contributed by atoms with van der Waals surface area (Å²) in [5, 5.41) is 0. The Morgan fingerprint density at radius 1 is 1.14 bits per heavy atom. The summed E-state index contributed by atoms with van der Waals surface area (Å²) in [6.07, 6.45) is 4.88. The minimum absolute atomic E-state index is 0.476. The molecule has 0 radical (unpaired) electrons. The average Bonchev–Trinajstić information content (AvgIpc) is 3.03. The molecule has 0 aromatic heterocycles. The van der Waals surface area contributed by atoms with Gasteiger partial charge in [-0.3, -0.25) is 4.90 Å². The molecule has 0 bridgehead atoms. The second kappa shape index (κ2) is 7.34. The summed E-state index contributed by atoms with van der Waals surface area (Å²) in [7, 11) is 3.44. The fraction of sp³-hybridized carbons (Fsp3) is 0.667. The Morgan fingerprint density at radius 3 is 2.68 bits per heavy atom. The Morgan fingerprint density at radius 2 is 1.95 bits per heavy atom. The maximum Gasteiger partial charge on any atom is 0.127 e. The molecule has 0 N–H and O–H groups in total. The molecule has 1 unspecified atom stereocenters. The maximum atomic E-state index is 5.61. The third kappa shape index (κ3) is 3.39. The highest BCUT2D eigenvalue weighted by Crippen LogP contribution is 2.39. The molecule has 2 fully saturated rings. The molecule has 2 aliphatic heterocycles. The van der Waals surface area contributed by atoms with Crippen molar-refractivity contribution < 1.29 is 14.2 Å². The van der Waals surface area contributed by atoms with Crippen LogP contribution in [0.1, 0.15) is 37.3 Å². The maximum absolute atomic E-state index is 5.61. The number of benzene rings is 1. The van der Waals surface area contributed by atoms with Crippen LogP contribution >= 0.6 is 0 Å². The molecule has 22 heavy (non-hydrogen) atoms. The van der Waals surface area contributed by atoms with Gasteiger partial charge >= 0.3 is 0 Å². The molecule has 2 saturated heterocycles. The molecule has 4 heteroatoms. The van der Waals surface area contributed by atoms with Crippen LogP contribution in [0.15, 0.2) is 18.2 Å². The van der Waals surface area contributed by atoms with Gasteiger partial charge in [-0.15, -0.1) is 0 Å². The molecule has 3 rings (SSSR count). The summed E-state index contributed by atoms with van der Waals surface area (Å²) >= 11 is 0. The second-order valence-corrected chi connectivity index (χ2v) is 6.32. The highest BCUT2D eigenvalue weighted by Gasteiger charge is 2.30. The molecule has 0 saturated carbocycles. The fourth-order valence-electron chi connectivity index (χ4n) is 3.75. The van der Waals surface area contributed by atoms with Crippen LogP contribution in [0.3, 0.4) is 0 Å². The summed E-state index contributed by atoms with van der Waals surface area (Å²) < 4.78 is 16.4. The van der Waals surface area contributed by atoms with Gasteiger partial charge in [0.1, 0.15) is 11.5 Å². The molecule has 2 aliphatic rings. The van der Waals surface area contributed by atoms with Crippen LogP contribution < -0.4 is 9.47 Å². The van der Waals surface area contributed by atoms with E-state index >= 15 is 0 Å². The Balaban J connectivity index is 1.74. The number of hydrogen-bond donors (Lipinski definition) is 0. The van der Waals surface area contributed by atoms with Gasteiger partial charge in [0.05, 0.1) is 14.2 Å². The lowest BCUT2D eigenvalue weighted by molar-refractivity contribution is 0.0505. The molecule has 0 amide bonds. The number of hydrogen-bond acceptors (Lipinski definition) is 4. The normalized spacial score (nSPS) is 23.6. The van der Waals surface area contributed by atoms with Crippen molar-refractivity contribution in [3.63, 3.8) is 0 Å². The molecular formula is C18H27NO3. The van der Waals surface area contributed by atoms with E-state index in [2.05, 4.69) is 11.0 Å². The van der Waals surface area contributed by atoms with E-state index in [1.807, 2.05) is 12.1 Å². The van der Waals surface area contributed by atoms with Gasteiger partial charge in [-0.05, 0) is 44.2 Å². The van der Waals surface area contributed by atoms with Crippen LogP contribution in [-0.4, -0.2) is 45.4 Å². The van der Waals surface area contributed by atoms with Gasteiger partial charge in [-0.2, -0.15) is 0 Å². The zero-order valence-electron chi connectivity index (χ0n) is 13.7. The van der Waals surface area contributed by atoms with E-state index < -0.39 is 0 Å². The Kier molecular flexibility index (Phi) is 5.21. The van der Waals surface area contributed by atoms with Crippen molar-refractivity contribution in [3.8, 4) is 11.5 Å². The zero-order chi connectivity index (χ0) is 15.4. The van der Waals surface area contributed by atoms with Crippen LogP contribution in [0.5, 0.6) is 11.5 Å². The highest BCUT2D eigenvalue weighted by atomic mass is 16.5. The van der Waals surface area contributed by atoms with Crippen molar-refractivity contribution in [1.29, 1.82) is 0 Å². The summed E-state index contributed by atoms with van der Waals surface area (Å²) in [5.74, 6) is 2.58. The minimum Gasteiger partial charge on any atom is -0.497 e. The van der Waals surface area contributed by atoms with Crippen molar-refractivity contribution in [2.24, 2.45) is 5.92 Å². The van der Waals surface area contributed by atoms with E-state index in [1.54, 1.807) is 14.2 Å². The molecule has 122 valence electrons. The predicted molar refractivity (Wildman–Crippen MR) is 86.6 cm³/mol. The van der Waals surface area contributed by atoms with E-state index in [9.17, 15) is 0 Å². The number of likely N-dealkylation sites (tertiary alicyclic amines) is 1. The molecular weight excluding hydrogens is 278 g/mol. The van der Waals surface area contributed by atoms with Crippen molar-refractivity contribution in [3.05, 3.63) is 23.8 Å². The topological polar surface area (TPSA) is 30.9 Å². The first-order valence-electron chi connectivity index (χ1n) is 8.35. The lowest BCUT2D eigenvalue weighted by Gasteiger charge is -2.31. The predicted octanol–water partition coefficient (Wildman–Crippen LogP) is 3.27. The van der Waals surface area contributed by atoms with Gasteiger partial charge in [0.2, 0.25) is 0 Å². The van der Waals surface area contributed by atoms with Crippen LogP contribution in [0.25, 0.3) is 0 Å². The third-order valence-electron chi connectivity index (χ3n) is 5.00. The van der Waals surface area contributed by atoms with Crippen LogP contribution in [0, 0.1) is 5.92 Å². The molecule has 4 nitrogen and oxygen atoms in total. The highest BCUT2D eigenvalue weighted by molar-refractivity contribution is 5.42. The van der Waals surface area contributed by atoms with Crippen LogP contribution in [0.2, 0.25) is 0 Å². The minimum atomic E-state index is 0.476. The number of ether oxygens (including phenoxy) is 3. The molecule has 1 aromatic carbocycles. The van der Waals surface area contributed by atoms with Crippen molar-refractivity contribution in [1.82, 2.24) is 4.90 Å². The van der Waals surface area contributed by atoms with Gasteiger partial charge in [-0.25, -0.2) is 0 Å². The van der Waals surface area contributed by atoms with Gasteiger partial charge < -0.3 is 14.2 Å². The largest absolute Gasteiger partial charge is 0.497 e. The van der Waals surface area contributed by atoms with Gasteiger partial charge in [0, 0.05) is 37.4 Å². The van der Waals surface area contributed by atoms with Crippen molar-refractivity contribution >= 4 is 0 Å². The molecule has 2 heterocycles. The van der Waals surface area contributed by atoms with Crippen LogP contribution in [0.4, 0.5) is 0 Å². The van der Waals surface area contributed by atoms with E-state index in [0.29, 0.717) is 6.04 Å². The lowest BCUT2D eigenvalue weighted by Crippen LogP contribution is -2.32. The standard InChI is InChI=1S/C18H27NO3/c1-20-15-5-6-16(18(12-15)21-2)17-4-3-9-19(17)13-14-7-10-22-11-8-14/h5-6,12,14,17H,3-4,7-11,13H2,1-2H3. The third-order valence-corrected chi connectivity index (χ3v) is 5.00. The Hall–Kier alpha value is -1.26. The van der Waals surface area contributed by atoms with Gasteiger partial charge in [0.15, 0.2) is 0 Å². The first kappa shape index (κ1) is 15.6. The van der Waals surface area contributed by atoms with Gasteiger partial charge in [-0.1, -0.05) is 6.07 Å². The Labute approximate surface area is 133 Å². The number of rotatable bonds is 5. The van der Waals surface area contributed by atoms with Crippen LogP contribution in [-0.2, 0) is 4.74 Å². The van der Waals surface area contributed by atoms with E-state index in [0.717, 1.165) is 30.6 Å². The fourth-order valence-corrected chi connectivity index (χ4v) is 3.75. The first-order valence-corrected chi connectivity index (χ1v) is 8.35. The monoisotopic (exact) mass is 305 g/mol. The molecule has 0 spiro atoms. The van der Waals surface area contributed by atoms with Gasteiger partial charge in [0.25, 0.3) is 0 Å². The van der Waals surface area contributed by atoms with E-state index in [4.69, 9.17) is 14.2 Å². The van der Waals surface area contributed by atoms with E-state index in [1.165, 1.54) is 44.3 Å². The molecule has 0 aliphatic carbocycles. The molecule has 1 aromatic rings. The van der Waals surface area contributed by atoms with E-state index in [-0.39, 0.29) is 0 Å². The average molecular weight is 305 g/mol. The quantitative estimate of drug-likeness (QED) is 0.835. The number of methoxy groups -OCH3 is 2. The zero-order valence-corrected chi connectivity index (χ0v) is 13.7. The second-order valence-electron chi connectivity index (χ2n) is 6.32. The summed E-state index contributed by atoms with van der Waals surface area (Å²) in [6.45, 7) is 4.23. The lowest BCUT2D eigenvalue weighted by atomic mass is 9.97. The summed E-state index contributed by atoms with van der Waals surface area (Å²) in [4.78, 5) is 2.64. The Bertz CT molecular complexity index is 485. The first-order chi connectivity index (χ1) is 10.8. The summed E-state index contributed by atoms with van der Waals surface area (Å²) in [6, 6.07) is 6.69. The van der Waals surface area contributed by atoms with Crippen molar-refractivity contribution in [2.45, 2.75) is 31.7 Å². The number of nitrogens with zero attached hydrogens (tertiary/aromatic N) is 1. The SMILES string of the molecule is COc1ccc(C2CCCN2CC2CCOCC2)c(OC)c1. The van der Waals surface area contributed by atoms with Crippen molar-refractivity contribution in [2.75, 3.05) is 40.5 Å².